The zero-order chi connectivity index (χ0) is 15.0. The topological polar surface area (TPSA) is 77.9 Å². The first kappa shape index (κ1) is 14.1. The first-order valence-corrected chi connectivity index (χ1v) is 7.85. The minimum Gasteiger partial charge on any atom is -0.481 e. The van der Waals surface area contributed by atoms with Crippen LogP contribution in [0.5, 0.6) is 0 Å². The highest BCUT2D eigenvalue weighted by Gasteiger charge is 2.50. The minimum absolute atomic E-state index is 0.00168. The molecule has 0 spiro atoms. The first-order chi connectivity index (χ1) is 10.1. The maximum atomic E-state index is 12.2. The van der Waals surface area contributed by atoms with Crippen LogP contribution in [0.2, 0.25) is 0 Å². The number of carboxylic acid groups (broad SMARTS) is 1. The molecule has 2 aliphatic rings. The Morgan fingerprint density at radius 3 is 2.29 bits per heavy atom. The van der Waals surface area contributed by atoms with Crippen LogP contribution >= 0.6 is 11.3 Å². The van der Waals surface area contributed by atoms with E-state index in [0.717, 1.165) is 0 Å². The smallest absolute Gasteiger partial charge is 0.307 e. The number of thiophene rings is 1. The molecular weight excluding hydrogens is 292 g/mol. The van der Waals surface area contributed by atoms with Crippen molar-refractivity contribution in [2.75, 3.05) is 26.2 Å². The second-order valence-electron chi connectivity index (χ2n) is 5.42. The number of hydrogen-bond donors (Lipinski definition) is 1. The van der Waals surface area contributed by atoms with Gasteiger partial charge in [-0.1, -0.05) is 0 Å². The summed E-state index contributed by atoms with van der Waals surface area (Å²) >= 11 is 1.48. The van der Waals surface area contributed by atoms with E-state index in [1.165, 1.54) is 11.3 Å². The van der Waals surface area contributed by atoms with Crippen molar-refractivity contribution in [1.82, 2.24) is 9.80 Å². The third kappa shape index (κ3) is 2.78. The van der Waals surface area contributed by atoms with E-state index in [1.807, 2.05) is 10.8 Å². The SMILES string of the molecule is O=C(O)C1CC1C(=O)N1CCN(C(=O)c2ccsc2)CC1. The predicted molar refractivity (Wildman–Crippen MR) is 76.0 cm³/mol. The van der Waals surface area contributed by atoms with Crippen LogP contribution in [0.1, 0.15) is 16.8 Å². The molecule has 1 aromatic heterocycles. The van der Waals surface area contributed by atoms with Crippen LogP contribution < -0.4 is 0 Å². The van der Waals surface area contributed by atoms with E-state index in [1.54, 1.807) is 15.9 Å². The highest BCUT2D eigenvalue weighted by atomic mass is 32.1. The lowest BCUT2D eigenvalue weighted by atomic mass is 10.2. The number of piperazine rings is 1. The van der Waals surface area contributed by atoms with Crippen molar-refractivity contribution in [3.05, 3.63) is 22.4 Å². The van der Waals surface area contributed by atoms with Crippen molar-refractivity contribution in [2.24, 2.45) is 11.8 Å². The molecule has 112 valence electrons. The summed E-state index contributed by atoms with van der Waals surface area (Å²) in [4.78, 5) is 38.6. The molecule has 0 aromatic carbocycles. The lowest BCUT2D eigenvalue weighted by Crippen LogP contribution is -2.51. The van der Waals surface area contributed by atoms with Gasteiger partial charge in [-0.15, -0.1) is 0 Å². The molecule has 3 rings (SSSR count). The van der Waals surface area contributed by atoms with Gasteiger partial charge in [-0.3, -0.25) is 14.4 Å². The monoisotopic (exact) mass is 308 g/mol. The fourth-order valence-corrected chi connectivity index (χ4v) is 3.30. The fraction of sp³-hybridized carbons (Fsp3) is 0.500. The highest BCUT2D eigenvalue weighted by molar-refractivity contribution is 7.08. The second-order valence-corrected chi connectivity index (χ2v) is 6.20. The van der Waals surface area contributed by atoms with Gasteiger partial charge in [-0.25, -0.2) is 0 Å². The number of carboxylic acids is 1. The Bertz CT molecular complexity index is 564. The minimum atomic E-state index is -0.889. The summed E-state index contributed by atoms with van der Waals surface area (Å²) in [6.07, 6.45) is 0.447. The average molecular weight is 308 g/mol. The molecule has 2 amide bonds. The van der Waals surface area contributed by atoms with Crippen molar-refractivity contribution in [3.8, 4) is 0 Å². The van der Waals surface area contributed by atoms with Crippen LogP contribution in [0.4, 0.5) is 0 Å². The molecule has 21 heavy (non-hydrogen) atoms. The lowest BCUT2D eigenvalue weighted by molar-refractivity contribution is -0.142. The molecule has 7 heteroatoms. The summed E-state index contributed by atoms with van der Waals surface area (Å²) < 4.78 is 0. The summed E-state index contributed by atoms with van der Waals surface area (Å²) in [7, 11) is 0. The Balaban J connectivity index is 1.53. The van der Waals surface area contributed by atoms with Gasteiger partial charge >= 0.3 is 5.97 Å². The van der Waals surface area contributed by atoms with Crippen molar-refractivity contribution in [3.63, 3.8) is 0 Å². The Morgan fingerprint density at radius 2 is 1.76 bits per heavy atom. The molecule has 0 radical (unpaired) electrons. The standard InChI is InChI=1S/C14H16N2O4S/c17-12(9-1-6-21-8-9)15-2-4-16(5-3-15)13(18)10-7-11(10)14(19)20/h1,6,8,10-11H,2-5,7H2,(H,19,20). The summed E-state index contributed by atoms with van der Waals surface area (Å²) in [5.41, 5.74) is 0.688. The number of hydrogen-bond acceptors (Lipinski definition) is 4. The number of carbonyl (C=O) groups excluding carboxylic acids is 2. The Hall–Kier alpha value is -1.89. The van der Waals surface area contributed by atoms with Crippen LogP contribution in [-0.2, 0) is 9.59 Å². The molecule has 1 aromatic rings. The molecule has 1 aliphatic heterocycles. The zero-order valence-corrected chi connectivity index (χ0v) is 12.2. The molecule has 2 atom stereocenters. The number of amides is 2. The largest absolute Gasteiger partial charge is 0.481 e. The lowest BCUT2D eigenvalue weighted by Gasteiger charge is -2.34. The molecule has 2 fully saturated rings. The number of carbonyl (C=O) groups is 3. The van der Waals surface area contributed by atoms with Gasteiger partial charge in [0.15, 0.2) is 0 Å². The van der Waals surface area contributed by atoms with E-state index in [9.17, 15) is 14.4 Å². The maximum absolute atomic E-state index is 12.2. The summed E-state index contributed by atoms with van der Waals surface area (Å²) in [5, 5.41) is 12.6. The van der Waals surface area contributed by atoms with Gasteiger partial charge in [-0.2, -0.15) is 11.3 Å². The number of rotatable bonds is 3. The van der Waals surface area contributed by atoms with E-state index < -0.39 is 11.9 Å². The molecule has 1 saturated heterocycles. The van der Waals surface area contributed by atoms with Crippen molar-refractivity contribution < 1.29 is 19.5 Å². The van der Waals surface area contributed by atoms with Crippen LogP contribution in [0.25, 0.3) is 0 Å². The van der Waals surface area contributed by atoms with Crippen LogP contribution in [0, 0.1) is 11.8 Å². The van der Waals surface area contributed by atoms with Gasteiger partial charge in [-0.05, 0) is 17.9 Å². The fourth-order valence-electron chi connectivity index (χ4n) is 2.67. The zero-order valence-electron chi connectivity index (χ0n) is 11.4. The van der Waals surface area contributed by atoms with Crippen molar-refractivity contribution in [2.45, 2.75) is 6.42 Å². The normalized spacial score (nSPS) is 24.8. The Labute approximate surface area is 126 Å². The molecular formula is C14H16N2O4S. The van der Waals surface area contributed by atoms with Gasteiger partial charge in [0, 0.05) is 31.6 Å². The van der Waals surface area contributed by atoms with Gasteiger partial charge in [0.25, 0.3) is 5.91 Å². The maximum Gasteiger partial charge on any atom is 0.307 e. The molecule has 0 bridgehead atoms. The average Bonchev–Trinajstić information content (AvgIpc) is 3.12. The molecule has 1 saturated carbocycles. The molecule has 2 heterocycles. The number of aliphatic carboxylic acids is 1. The van der Waals surface area contributed by atoms with E-state index >= 15 is 0 Å². The van der Waals surface area contributed by atoms with Crippen LogP contribution in [0.3, 0.4) is 0 Å². The van der Waals surface area contributed by atoms with Gasteiger partial charge < -0.3 is 14.9 Å². The van der Waals surface area contributed by atoms with Gasteiger partial charge in [0.1, 0.15) is 0 Å². The van der Waals surface area contributed by atoms with Crippen molar-refractivity contribution >= 4 is 29.1 Å². The molecule has 1 N–H and O–H groups in total. The summed E-state index contributed by atoms with van der Waals surface area (Å²) in [6.45, 7) is 1.98. The van der Waals surface area contributed by atoms with E-state index in [0.29, 0.717) is 38.2 Å². The predicted octanol–water partition coefficient (Wildman–Crippen LogP) is 0.753. The summed E-state index contributed by atoms with van der Waals surface area (Å²) in [5.74, 6) is -1.84. The third-order valence-electron chi connectivity index (χ3n) is 4.07. The van der Waals surface area contributed by atoms with E-state index in [4.69, 9.17) is 5.11 Å². The Kier molecular flexibility index (Phi) is 3.67. The first-order valence-electron chi connectivity index (χ1n) is 6.91. The second kappa shape index (κ2) is 5.48. The molecule has 1 aliphatic carbocycles. The third-order valence-corrected chi connectivity index (χ3v) is 4.75. The van der Waals surface area contributed by atoms with Crippen molar-refractivity contribution in [1.29, 1.82) is 0 Å². The summed E-state index contributed by atoms with van der Waals surface area (Å²) in [6, 6.07) is 1.80. The molecule has 2 unspecified atom stereocenters. The van der Waals surface area contributed by atoms with Gasteiger partial charge in [0.05, 0.1) is 17.4 Å². The Morgan fingerprint density at radius 1 is 1.10 bits per heavy atom. The molecule has 6 nitrogen and oxygen atoms in total. The van der Waals surface area contributed by atoms with E-state index in [2.05, 4.69) is 0 Å². The van der Waals surface area contributed by atoms with E-state index in [-0.39, 0.29) is 17.7 Å². The highest BCUT2D eigenvalue weighted by Crippen LogP contribution is 2.40. The van der Waals surface area contributed by atoms with Crippen LogP contribution in [0.15, 0.2) is 16.8 Å². The number of nitrogens with zero attached hydrogens (tertiary/aromatic N) is 2. The quantitative estimate of drug-likeness (QED) is 0.894. The van der Waals surface area contributed by atoms with Crippen LogP contribution in [-0.4, -0.2) is 58.9 Å². The van der Waals surface area contributed by atoms with Gasteiger partial charge in [0.2, 0.25) is 5.91 Å².